The highest BCUT2D eigenvalue weighted by molar-refractivity contribution is 7.14. The second-order valence-corrected chi connectivity index (χ2v) is 8.42. The van der Waals surface area contributed by atoms with Gasteiger partial charge in [0.2, 0.25) is 0 Å². The zero-order valence-corrected chi connectivity index (χ0v) is 16.6. The summed E-state index contributed by atoms with van der Waals surface area (Å²) in [5.74, 6) is 1.22. The summed E-state index contributed by atoms with van der Waals surface area (Å²) in [6.07, 6.45) is 2.90. The molecule has 7 heteroatoms. The molecule has 0 saturated carbocycles. The zero-order chi connectivity index (χ0) is 19.5. The normalized spacial score (nSPS) is 20.2. The number of carbonyl (C=O) groups is 2. The number of rotatable bonds is 5. The van der Waals surface area contributed by atoms with E-state index in [2.05, 4.69) is 12.2 Å². The van der Waals surface area contributed by atoms with Gasteiger partial charge in [-0.2, -0.15) is 0 Å². The summed E-state index contributed by atoms with van der Waals surface area (Å²) in [7, 11) is 0. The second-order valence-electron chi connectivity index (χ2n) is 7.28. The van der Waals surface area contributed by atoms with Gasteiger partial charge in [-0.1, -0.05) is 19.1 Å². The number of esters is 1. The van der Waals surface area contributed by atoms with Gasteiger partial charge in [-0.15, -0.1) is 11.3 Å². The van der Waals surface area contributed by atoms with Crippen molar-refractivity contribution in [2.75, 3.05) is 19.8 Å². The van der Waals surface area contributed by atoms with Crippen LogP contribution in [-0.4, -0.2) is 37.7 Å². The Morgan fingerprint density at radius 3 is 2.96 bits per heavy atom. The lowest BCUT2D eigenvalue weighted by atomic mass is 9.90. The van der Waals surface area contributed by atoms with Crippen LogP contribution < -0.4 is 14.8 Å². The Morgan fingerprint density at radius 1 is 1.29 bits per heavy atom. The summed E-state index contributed by atoms with van der Waals surface area (Å²) in [5, 5.41) is 2.73. The molecule has 0 bridgehead atoms. The summed E-state index contributed by atoms with van der Waals surface area (Å²) in [6.45, 7) is 2.57. The van der Waals surface area contributed by atoms with Crippen molar-refractivity contribution in [1.29, 1.82) is 0 Å². The van der Waals surface area contributed by atoms with Crippen molar-refractivity contribution in [2.45, 2.75) is 32.3 Å². The van der Waals surface area contributed by atoms with Gasteiger partial charge in [-0.05, 0) is 48.9 Å². The predicted octanol–water partition coefficient (Wildman–Crippen LogP) is 2.99. The molecule has 1 aliphatic heterocycles. The fraction of sp³-hybridized carbons (Fsp3) is 0.429. The highest BCUT2D eigenvalue weighted by Gasteiger charge is 2.23. The number of aryl methyl sites for hydroxylation is 1. The molecule has 2 aromatic rings. The molecule has 1 aromatic heterocycles. The van der Waals surface area contributed by atoms with Gasteiger partial charge in [0, 0.05) is 4.88 Å². The average molecular weight is 401 g/mol. The number of nitrogens with one attached hydrogen (secondary N) is 1. The summed E-state index contributed by atoms with van der Waals surface area (Å²) >= 11 is 1.48. The number of ether oxygens (including phenoxy) is 3. The van der Waals surface area contributed by atoms with Gasteiger partial charge in [-0.3, -0.25) is 4.79 Å². The molecule has 2 heterocycles. The SMILES string of the molecule is C[C@H]1CCc2sc(C(=O)OCC(=O)NC[C@H]3COc4ccccc4O3)cc2C1. The lowest BCUT2D eigenvalue weighted by molar-refractivity contribution is -0.124. The Kier molecular flexibility index (Phi) is 5.52. The first kappa shape index (κ1) is 18.8. The molecule has 1 amide bonds. The highest BCUT2D eigenvalue weighted by Crippen LogP contribution is 2.32. The van der Waals surface area contributed by atoms with E-state index in [1.54, 1.807) is 0 Å². The second kappa shape index (κ2) is 8.22. The van der Waals surface area contributed by atoms with Gasteiger partial charge >= 0.3 is 5.97 Å². The Hall–Kier alpha value is -2.54. The molecule has 0 fully saturated rings. The largest absolute Gasteiger partial charge is 0.486 e. The summed E-state index contributed by atoms with van der Waals surface area (Å²) in [6, 6.07) is 9.33. The van der Waals surface area contributed by atoms with Crippen molar-refractivity contribution < 1.29 is 23.8 Å². The van der Waals surface area contributed by atoms with Crippen LogP contribution >= 0.6 is 11.3 Å². The molecular weight excluding hydrogens is 378 g/mol. The molecule has 0 spiro atoms. The summed E-state index contributed by atoms with van der Waals surface area (Å²) in [4.78, 5) is 26.1. The molecule has 1 aromatic carbocycles. The predicted molar refractivity (Wildman–Crippen MR) is 105 cm³/mol. The topological polar surface area (TPSA) is 73.9 Å². The van der Waals surface area contributed by atoms with Gasteiger partial charge in [0.1, 0.15) is 17.6 Å². The molecule has 0 unspecified atom stereocenters. The van der Waals surface area contributed by atoms with Crippen molar-refractivity contribution in [3.63, 3.8) is 0 Å². The van der Waals surface area contributed by atoms with Crippen LogP contribution in [0.2, 0.25) is 0 Å². The van der Waals surface area contributed by atoms with Gasteiger partial charge in [0.25, 0.3) is 5.91 Å². The molecule has 0 saturated heterocycles. The van der Waals surface area contributed by atoms with Crippen molar-refractivity contribution in [3.05, 3.63) is 45.6 Å². The first-order valence-corrected chi connectivity index (χ1v) is 10.3. The smallest absolute Gasteiger partial charge is 0.348 e. The third kappa shape index (κ3) is 4.30. The number of carbonyl (C=O) groups excluding carboxylic acids is 2. The first-order valence-electron chi connectivity index (χ1n) is 9.52. The van der Waals surface area contributed by atoms with Crippen LogP contribution in [0.15, 0.2) is 30.3 Å². The van der Waals surface area contributed by atoms with E-state index < -0.39 is 5.97 Å². The molecule has 4 rings (SSSR count). The molecular formula is C21H23NO5S. The van der Waals surface area contributed by atoms with Crippen molar-refractivity contribution in [1.82, 2.24) is 5.32 Å². The fourth-order valence-corrected chi connectivity index (χ4v) is 4.55. The fourth-order valence-electron chi connectivity index (χ4n) is 3.45. The maximum absolute atomic E-state index is 12.3. The highest BCUT2D eigenvalue weighted by atomic mass is 32.1. The monoisotopic (exact) mass is 401 g/mol. The average Bonchev–Trinajstić information content (AvgIpc) is 3.13. The maximum atomic E-state index is 12.3. The molecule has 28 heavy (non-hydrogen) atoms. The number of amides is 1. The van der Waals surface area contributed by atoms with Crippen LogP contribution in [-0.2, 0) is 22.4 Å². The molecule has 1 N–H and O–H groups in total. The van der Waals surface area contributed by atoms with Crippen LogP contribution in [0.4, 0.5) is 0 Å². The van der Waals surface area contributed by atoms with Crippen molar-refractivity contribution in [3.8, 4) is 11.5 Å². The van der Waals surface area contributed by atoms with Crippen LogP contribution in [0, 0.1) is 5.92 Å². The number of hydrogen-bond donors (Lipinski definition) is 1. The Morgan fingerprint density at radius 2 is 2.11 bits per heavy atom. The van der Waals surface area contributed by atoms with Gasteiger partial charge in [0.05, 0.1) is 6.54 Å². The van der Waals surface area contributed by atoms with E-state index in [4.69, 9.17) is 14.2 Å². The minimum atomic E-state index is -0.437. The lowest BCUT2D eigenvalue weighted by Gasteiger charge is -2.26. The molecule has 2 aliphatic rings. The van der Waals surface area contributed by atoms with Crippen LogP contribution in [0.25, 0.3) is 0 Å². The van der Waals surface area contributed by atoms with Crippen LogP contribution in [0.3, 0.4) is 0 Å². The van der Waals surface area contributed by atoms with E-state index >= 15 is 0 Å². The Balaban J connectivity index is 1.22. The van der Waals surface area contributed by atoms with E-state index in [-0.39, 0.29) is 25.2 Å². The Labute approximate surface area is 167 Å². The number of fused-ring (bicyclic) bond motifs is 2. The quantitative estimate of drug-likeness (QED) is 0.780. The third-order valence-electron chi connectivity index (χ3n) is 4.96. The van der Waals surface area contributed by atoms with Crippen molar-refractivity contribution >= 4 is 23.2 Å². The summed E-state index contributed by atoms with van der Waals surface area (Å²) in [5.41, 5.74) is 1.25. The lowest BCUT2D eigenvalue weighted by Crippen LogP contribution is -2.42. The first-order chi connectivity index (χ1) is 13.6. The standard InChI is InChI=1S/C21H23NO5S/c1-13-6-7-18-14(8-13)9-19(28-18)21(24)26-12-20(23)22-10-15-11-25-16-4-2-3-5-17(16)27-15/h2-5,9,13,15H,6-8,10-12H2,1H3,(H,22,23)/t13-,15-/m0/s1. The van der Waals surface area contributed by atoms with Gasteiger partial charge < -0.3 is 19.5 Å². The van der Waals surface area contributed by atoms with Gasteiger partial charge in [-0.25, -0.2) is 4.79 Å². The molecule has 2 atom stereocenters. The van der Waals surface area contributed by atoms with E-state index in [1.165, 1.54) is 21.8 Å². The number of para-hydroxylation sites is 2. The molecule has 148 valence electrons. The van der Waals surface area contributed by atoms with Crippen LogP contribution in [0.1, 0.15) is 33.5 Å². The van der Waals surface area contributed by atoms with E-state index in [0.29, 0.717) is 28.9 Å². The minimum Gasteiger partial charge on any atom is -0.486 e. The molecule has 1 aliphatic carbocycles. The van der Waals surface area contributed by atoms with Gasteiger partial charge in [0.15, 0.2) is 18.1 Å². The number of hydrogen-bond acceptors (Lipinski definition) is 6. The van der Waals surface area contributed by atoms with E-state index in [1.807, 2.05) is 30.3 Å². The maximum Gasteiger partial charge on any atom is 0.348 e. The number of benzene rings is 1. The summed E-state index contributed by atoms with van der Waals surface area (Å²) < 4.78 is 16.6. The molecule has 0 radical (unpaired) electrons. The number of thiophene rings is 1. The van der Waals surface area contributed by atoms with Crippen LogP contribution in [0.5, 0.6) is 11.5 Å². The van der Waals surface area contributed by atoms with E-state index in [9.17, 15) is 9.59 Å². The third-order valence-corrected chi connectivity index (χ3v) is 6.18. The molecule has 6 nitrogen and oxygen atoms in total. The van der Waals surface area contributed by atoms with E-state index in [0.717, 1.165) is 19.3 Å². The van der Waals surface area contributed by atoms with Crippen molar-refractivity contribution in [2.24, 2.45) is 5.92 Å². The Bertz CT molecular complexity index is 877. The minimum absolute atomic E-state index is 0.277. The zero-order valence-electron chi connectivity index (χ0n) is 15.7.